The van der Waals surface area contributed by atoms with E-state index in [-0.39, 0.29) is 0 Å². The predicted molar refractivity (Wildman–Crippen MR) is 217 cm³/mol. The molecule has 0 fully saturated rings. The second-order valence-corrected chi connectivity index (χ2v) is 12.8. The van der Waals surface area contributed by atoms with Gasteiger partial charge in [-0.1, -0.05) is 171 Å². The van der Waals surface area contributed by atoms with Gasteiger partial charge in [-0.3, -0.25) is 0 Å². The Bertz CT molecular complexity index is 2580. The normalized spacial score (nSPS) is 12.6. The first-order chi connectivity index (χ1) is 25.2. The SMILES string of the molecule is CCC/C=C(/N=C(\N=C(/C)c1cccc2c1oc1ccccc12)c1ccc(-c2ccccc2)cc1)c1ccccc1-c1cccc2ccccc12. The second-order valence-electron chi connectivity index (χ2n) is 12.8. The second kappa shape index (κ2) is 14.3. The largest absolute Gasteiger partial charge is 0.455 e. The Kier molecular flexibility index (Phi) is 8.93. The molecule has 0 aliphatic heterocycles. The van der Waals surface area contributed by atoms with Crippen molar-refractivity contribution in [2.75, 3.05) is 0 Å². The van der Waals surface area contributed by atoms with Gasteiger partial charge in [0.15, 0.2) is 5.84 Å². The van der Waals surface area contributed by atoms with Gasteiger partial charge in [0.1, 0.15) is 11.2 Å². The molecule has 0 radical (unpaired) electrons. The number of nitrogens with zero attached hydrogens (tertiary/aromatic N) is 2. The van der Waals surface area contributed by atoms with Crippen molar-refractivity contribution < 1.29 is 4.42 Å². The van der Waals surface area contributed by atoms with Crippen LogP contribution in [0.1, 0.15) is 43.4 Å². The maximum absolute atomic E-state index is 6.43. The highest BCUT2D eigenvalue weighted by atomic mass is 16.3. The Hall–Kier alpha value is -6.32. The molecule has 0 saturated heterocycles. The Morgan fingerprint density at radius 2 is 1.18 bits per heavy atom. The van der Waals surface area contributed by atoms with E-state index < -0.39 is 0 Å². The summed E-state index contributed by atoms with van der Waals surface area (Å²) in [5, 5.41) is 4.61. The minimum atomic E-state index is 0.648. The summed E-state index contributed by atoms with van der Waals surface area (Å²) in [5.41, 5.74) is 11.1. The Morgan fingerprint density at radius 1 is 0.549 bits per heavy atom. The Labute approximate surface area is 299 Å². The molecule has 3 heteroatoms. The number of furan rings is 1. The summed E-state index contributed by atoms with van der Waals surface area (Å²) in [5.74, 6) is 0.648. The molecule has 0 amide bonds. The first-order valence-electron chi connectivity index (χ1n) is 17.7. The number of benzene rings is 7. The summed E-state index contributed by atoms with van der Waals surface area (Å²) >= 11 is 0. The van der Waals surface area contributed by atoms with E-state index in [0.29, 0.717) is 5.84 Å². The van der Waals surface area contributed by atoms with Crippen molar-refractivity contribution in [1.29, 1.82) is 0 Å². The molecule has 0 spiro atoms. The minimum absolute atomic E-state index is 0.648. The molecular formula is C48H38N2O. The fraction of sp³-hybridized carbons (Fsp3) is 0.0833. The number of aliphatic imine (C=N–C) groups is 2. The van der Waals surface area contributed by atoms with Crippen LogP contribution in [0.5, 0.6) is 0 Å². The van der Waals surface area contributed by atoms with E-state index in [1.807, 2.05) is 18.2 Å². The fourth-order valence-corrected chi connectivity index (χ4v) is 6.86. The van der Waals surface area contributed by atoms with E-state index in [9.17, 15) is 0 Å². The van der Waals surface area contributed by atoms with Crippen molar-refractivity contribution >= 4 is 50.0 Å². The van der Waals surface area contributed by atoms with Crippen molar-refractivity contribution in [3.05, 3.63) is 187 Å². The lowest BCUT2D eigenvalue weighted by Gasteiger charge is -2.14. The number of hydrogen-bond donors (Lipinski definition) is 0. The highest BCUT2D eigenvalue weighted by Crippen LogP contribution is 2.36. The predicted octanol–water partition coefficient (Wildman–Crippen LogP) is 13.2. The molecule has 7 aromatic carbocycles. The maximum Gasteiger partial charge on any atom is 0.160 e. The molecule has 0 aliphatic rings. The summed E-state index contributed by atoms with van der Waals surface area (Å²) < 4.78 is 6.43. The molecule has 0 N–H and O–H groups in total. The number of amidine groups is 1. The van der Waals surface area contributed by atoms with Crippen LogP contribution in [0.4, 0.5) is 0 Å². The van der Waals surface area contributed by atoms with E-state index in [2.05, 4.69) is 166 Å². The van der Waals surface area contributed by atoms with Gasteiger partial charge in [-0.2, -0.15) is 0 Å². The van der Waals surface area contributed by atoms with Crippen molar-refractivity contribution in [2.45, 2.75) is 26.7 Å². The molecular weight excluding hydrogens is 621 g/mol. The third-order valence-electron chi connectivity index (χ3n) is 9.45. The zero-order chi connectivity index (χ0) is 34.6. The lowest BCUT2D eigenvalue weighted by Crippen LogP contribution is -2.05. The van der Waals surface area contributed by atoms with Gasteiger partial charge in [-0.05, 0) is 58.5 Å². The number of para-hydroxylation sites is 2. The van der Waals surface area contributed by atoms with E-state index in [0.717, 1.165) is 74.0 Å². The van der Waals surface area contributed by atoms with Crippen LogP contribution in [0.2, 0.25) is 0 Å². The van der Waals surface area contributed by atoms with E-state index in [1.54, 1.807) is 0 Å². The lowest BCUT2D eigenvalue weighted by molar-refractivity contribution is 0.668. The van der Waals surface area contributed by atoms with Gasteiger partial charge in [-0.25, -0.2) is 9.98 Å². The van der Waals surface area contributed by atoms with E-state index >= 15 is 0 Å². The number of rotatable bonds is 8. The average Bonchev–Trinajstić information content (AvgIpc) is 3.58. The minimum Gasteiger partial charge on any atom is -0.455 e. The molecule has 0 unspecified atom stereocenters. The van der Waals surface area contributed by atoms with Gasteiger partial charge in [0.05, 0.1) is 11.4 Å². The third-order valence-corrected chi connectivity index (χ3v) is 9.45. The third kappa shape index (κ3) is 6.42. The first-order valence-corrected chi connectivity index (χ1v) is 17.7. The first kappa shape index (κ1) is 31.9. The fourth-order valence-electron chi connectivity index (χ4n) is 6.86. The van der Waals surface area contributed by atoms with Crippen LogP contribution >= 0.6 is 0 Å². The van der Waals surface area contributed by atoms with Crippen LogP contribution in [0, 0.1) is 0 Å². The Balaban J connectivity index is 1.31. The van der Waals surface area contributed by atoms with Gasteiger partial charge in [0, 0.05) is 27.5 Å². The molecule has 0 saturated carbocycles. The number of hydrogen-bond acceptors (Lipinski definition) is 2. The molecule has 1 heterocycles. The van der Waals surface area contributed by atoms with Gasteiger partial charge >= 0.3 is 0 Å². The molecule has 0 atom stereocenters. The van der Waals surface area contributed by atoms with Crippen LogP contribution in [-0.2, 0) is 0 Å². The van der Waals surface area contributed by atoms with Crippen molar-refractivity contribution in [3.8, 4) is 22.3 Å². The van der Waals surface area contributed by atoms with Crippen LogP contribution < -0.4 is 0 Å². The molecule has 3 nitrogen and oxygen atoms in total. The molecule has 8 aromatic rings. The average molecular weight is 659 g/mol. The zero-order valence-corrected chi connectivity index (χ0v) is 28.9. The van der Waals surface area contributed by atoms with Gasteiger partial charge in [0.2, 0.25) is 0 Å². The number of unbranched alkanes of at least 4 members (excludes halogenated alkanes) is 1. The highest BCUT2D eigenvalue weighted by molar-refractivity contribution is 6.19. The van der Waals surface area contributed by atoms with Crippen molar-refractivity contribution in [1.82, 2.24) is 0 Å². The van der Waals surface area contributed by atoms with Crippen LogP contribution in [-0.4, -0.2) is 11.5 Å². The molecule has 51 heavy (non-hydrogen) atoms. The summed E-state index contributed by atoms with van der Waals surface area (Å²) in [6, 6.07) is 57.2. The number of allylic oxidation sites excluding steroid dienone is 1. The molecule has 1 aromatic heterocycles. The summed E-state index contributed by atoms with van der Waals surface area (Å²) in [7, 11) is 0. The van der Waals surface area contributed by atoms with Gasteiger partial charge in [0.25, 0.3) is 0 Å². The van der Waals surface area contributed by atoms with Crippen molar-refractivity contribution in [2.24, 2.45) is 9.98 Å². The maximum atomic E-state index is 6.43. The summed E-state index contributed by atoms with van der Waals surface area (Å²) in [6.45, 7) is 4.25. The van der Waals surface area contributed by atoms with Crippen LogP contribution in [0.15, 0.2) is 184 Å². The molecule has 0 bridgehead atoms. The van der Waals surface area contributed by atoms with Gasteiger partial charge < -0.3 is 4.42 Å². The quantitative estimate of drug-likeness (QED) is 0.118. The summed E-state index contributed by atoms with van der Waals surface area (Å²) in [6.07, 6.45) is 4.16. The zero-order valence-electron chi connectivity index (χ0n) is 28.9. The van der Waals surface area contributed by atoms with Gasteiger partial charge in [-0.15, -0.1) is 0 Å². The van der Waals surface area contributed by atoms with Crippen molar-refractivity contribution in [3.63, 3.8) is 0 Å². The van der Waals surface area contributed by atoms with Crippen LogP contribution in [0.25, 0.3) is 60.7 Å². The monoisotopic (exact) mass is 658 g/mol. The molecule has 8 rings (SSSR count). The lowest BCUT2D eigenvalue weighted by atomic mass is 9.93. The van der Waals surface area contributed by atoms with Crippen LogP contribution in [0.3, 0.4) is 0 Å². The van der Waals surface area contributed by atoms with E-state index in [1.165, 1.54) is 21.9 Å². The standard InChI is InChI=1S/C48H38N2O/c1-3-4-27-45(42-22-11-10-21-41(42)40-25-14-19-36-18-8-9-20-39(36)40)50-48(37-31-29-35(30-32-37)34-16-6-5-7-17-34)49-33(2)38-24-15-26-44-43-23-12-13-28-46(43)51-47(38)44/h5-32H,3-4H2,1-2H3/b45-27+,49-33+,50-48-. The highest BCUT2D eigenvalue weighted by Gasteiger charge is 2.16. The van der Waals surface area contributed by atoms with E-state index in [4.69, 9.17) is 14.4 Å². The molecule has 246 valence electrons. The summed E-state index contributed by atoms with van der Waals surface area (Å²) in [4.78, 5) is 10.8. The smallest absolute Gasteiger partial charge is 0.160 e. The number of fused-ring (bicyclic) bond motifs is 4. The molecule has 0 aliphatic carbocycles. The Morgan fingerprint density at radius 3 is 2.02 bits per heavy atom. The topological polar surface area (TPSA) is 37.9 Å².